The lowest BCUT2D eigenvalue weighted by Crippen LogP contribution is -2.24. The highest BCUT2D eigenvalue weighted by Crippen LogP contribution is 2.19. The predicted molar refractivity (Wildman–Crippen MR) is 66.7 cm³/mol. The van der Waals surface area contributed by atoms with Crippen molar-refractivity contribution < 1.29 is 0 Å². The van der Waals surface area contributed by atoms with Crippen LogP contribution in [-0.4, -0.2) is 11.3 Å². The Morgan fingerprint density at radius 1 is 1.64 bits per heavy atom. The van der Waals surface area contributed by atoms with E-state index in [0.717, 1.165) is 10.0 Å². The minimum atomic E-state index is 0.131. The Balaban J connectivity index is 2.76. The Morgan fingerprint density at radius 2 is 2.36 bits per heavy atom. The zero-order chi connectivity index (χ0) is 10.6. The van der Waals surface area contributed by atoms with Crippen LogP contribution in [-0.2, 0) is 0 Å². The summed E-state index contributed by atoms with van der Waals surface area (Å²) in [6.45, 7) is 0. The van der Waals surface area contributed by atoms with Gasteiger partial charge >= 0.3 is 0 Å². The highest BCUT2D eigenvalue weighted by molar-refractivity contribution is 9.10. The standard InChI is InChI=1S/C8H7BrClN3S/c9-7-3-6(10)2-1-5(7)4-12-13-8(11)14/h1-4H,(H3,11,13,14)/b12-4+. The Labute approximate surface area is 100 Å². The van der Waals surface area contributed by atoms with E-state index in [2.05, 4.69) is 38.7 Å². The van der Waals surface area contributed by atoms with Gasteiger partial charge in [0.25, 0.3) is 0 Å². The van der Waals surface area contributed by atoms with Gasteiger partial charge < -0.3 is 5.73 Å². The smallest absolute Gasteiger partial charge is 0.184 e. The molecular weight excluding hydrogens is 286 g/mol. The second-order valence-electron chi connectivity index (χ2n) is 2.40. The second-order valence-corrected chi connectivity index (χ2v) is 4.13. The number of hydrogen-bond acceptors (Lipinski definition) is 2. The Hall–Kier alpha value is -0.650. The number of benzene rings is 1. The molecule has 1 rings (SSSR count). The van der Waals surface area contributed by atoms with E-state index in [1.54, 1.807) is 18.3 Å². The van der Waals surface area contributed by atoms with E-state index in [0.29, 0.717) is 5.02 Å². The van der Waals surface area contributed by atoms with Crippen LogP contribution in [0.15, 0.2) is 27.8 Å². The number of rotatable bonds is 2. The summed E-state index contributed by atoms with van der Waals surface area (Å²) in [7, 11) is 0. The first kappa shape index (κ1) is 11.4. The SMILES string of the molecule is NC(=S)N/N=C/c1ccc(Cl)cc1Br. The average Bonchev–Trinajstić information content (AvgIpc) is 2.08. The van der Waals surface area contributed by atoms with Gasteiger partial charge in [0.1, 0.15) is 0 Å². The third kappa shape index (κ3) is 3.61. The van der Waals surface area contributed by atoms with E-state index in [4.69, 9.17) is 17.3 Å². The lowest BCUT2D eigenvalue weighted by molar-refractivity contribution is 1.04. The molecule has 0 aromatic heterocycles. The van der Waals surface area contributed by atoms with E-state index >= 15 is 0 Å². The first-order valence-corrected chi connectivity index (χ1v) is 5.21. The fourth-order valence-electron chi connectivity index (χ4n) is 0.772. The van der Waals surface area contributed by atoms with Crippen LogP contribution in [0.25, 0.3) is 0 Å². The number of halogens is 2. The number of hydrazone groups is 1. The molecule has 0 saturated carbocycles. The number of hydrogen-bond donors (Lipinski definition) is 2. The summed E-state index contributed by atoms with van der Waals surface area (Å²) in [6.07, 6.45) is 1.60. The van der Waals surface area contributed by atoms with Gasteiger partial charge in [0.2, 0.25) is 0 Å². The molecule has 0 aliphatic rings. The molecule has 0 atom stereocenters. The number of nitrogens with two attached hydrogens (primary N) is 1. The number of nitrogens with one attached hydrogen (secondary N) is 1. The molecule has 0 spiro atoms. The topological polar surface area (TPSA) is 50.4 Å². The van der Waals surface area contributed by atoms with Gasteiger partial charge in [-0.3, -0.25) is 5.43 Å². The molecule has 0 aliphatic heterocycles. The van der Waals surface area contributed by atoms with E-state index in [9.17, 15) is 0 Å². The molecule has 0 radical (unpaired) electrons. The molecule has 14 heavy (non-hydrogen) atoms. The quantitative estimate of drug-likeness (QED) is 0.499. The summed E-state index contributed by atoms with van der Waals surface area (Å²) in [6, 6.07) is 5.38. The summed E-state index contributed by atoms with van der Waals surface area (Å²) in [5.74, 6) is 0. The highest BCUT2D eigenvalue weighted by atomic mass is 79.9. The molecule has 0 unspecified atom stereocenters. The van der Waals surface area contributed by atoms with Crippen LogP contribution in [0, 0.1) is 0 Å². The minimum absolute atomic E-state index is 0.131. The maximum Gasteiger partial charge on any atom is 0.184 e. The predicted octanol–water partition coefficient (Wildman–Crippen LogP) is 2.27. The van der Waals surface area contributed by atoms with Gasteiger partial charge in [0, 0.05) is 15.1 Å². The molecule has 0 saturated heterocycles. The molecule has 3 nitrogen and oxygen atoms in total. The van der Waals surface area contributed by atoms with Gasteiger partial charge in [-0.1, -0.05) is 33.6 Å². The lowest BCUT2D eigenvalue weighted by atomic mass is 10.2. The molecule has 1 aromatic carbocycles. The van der Waals surface area contributed by atoms with Crippen molar-refractivity contribution in [3.8, 4) is 0 Å². The minimum Gasteiger partial charge on any atom is -0.375 e. The zero-order valence-electron chi connectivity index (χ0n) is 7.00. The first-order chi connectivity index (χ1) is 6.59. The van der Waals surface area contributed by atoms with Gasteiger partial charge in [0.15, 0.2) is 5.11 Å². The Morgan fingerprint density at radius 3 is 2.93 bits per heavy atom. The molecule has 0 fully saturated rings. The number of nitrogens with zero attached hydrogens (tertiary/aromatic N) is 1. The summed E-state index contributed by atoms with van der Waals surface area (Å²) < 4.78 is 0.860. The molecular formula is C8H7BrClN3S. The van der Waals surface area contributed by atoms with Gasteiger partial charge in [-0.25, -0.2) is 0 Å². The summed E-state index contributed by atoms with van der Waals surface area (Å²) in [5.41, 5.74) is 8.54. The maximum atomic E-state index is 5.77. The third-order valence-corrected chi connectivity index (χ3v) is 2.35. The molecule has 0 aliphatic carbocycles. The largest absolute Gasteiger partial charge is 0.375 e. The van der Waals surface area contributed by atoms with Crippen molar-refractivity contribution in [1.82, 2.24) is 5.43 Å². The van der Waals surface area contributed by atoms with Gasteiger partial charge in [-0.05, 0) is 24.4 Å². The zero-order valence-corrected chi connectivity index (χ0v) is 10.2. The molecule has 1 aromatic rings. The van der Waals surface area contributed by atoms with Crippen molar-refractivity contribution in [2.24, 2.45) is 10.8 Å². The van der Waals surface area contributed by atoms with Gasteiger partial charge in [0.05, 0.1) is 6.21 Å². The van der Waals surface area contributed by atoms with Crippen LogP contribution in [0.3, 0.4) is 0 Å². The van der Waals surface area contributed by atoms with Crippen molar-refractivity contribution in [3.05, 3.63) is 33.3 Å². The van der Waals surface area contributed by atoms with Crippen LogP contribution < -0.4 is 11.2 Å². The van der Waals surface area contributed by atoms with E-state index in [1.807, 2.05) is 6.07 Å². The molecule has 0 heterocycles. The fraction of sp³-hybridized carbons (Fsp3) is 0. The van der Waals surface area contributed by atoms with Gasteiger partial charge in [-0.2, -0.15) is 5.10 Å². The Bertz CT molecular complexity index is 381. The van der Waals surface area contributed by atoms with Crippen molar-refractivity contribution in [2.75, 3.05) is 0 Å². The first-order valence-electron chi connectivity index (χ1n) is 3.63. The molecule has 74 valence electrons. The molecule has 0 bridgehead atoms. The molecule has 3 N–H and O–H groups in total. The van der Waals surface area contributed by atoms with Crippen molar-refractivity contribution in [3.63, 3.8) is 0 Å². The average molecular weight is 293 g/mol. The van der Waals surface area contributed by atoms with Crippen LogP contribution in [0.4, 0.5) is 0 Å². The third-order valence-electron chi connectivity index (χ3n) is 1.34. The monoisotopic (exact) mass is 291 g/mol. The molecule has 6 heteroatoms. The van der Waals surface area contributed by atoms with Crippen molar-refractivity contribution in [1.29, 1.82) is 0 Å². The van der Waals surface area contributed by atoms with Gasteiger partial charge in [-0.15, -0.1) is 0 Å². The van der Waals surface area contributed by atoms with E-state index in [-0.39, 0.29) is 5.11 Å². The summed E-state index contributed by atoms with van der Waals surface area (Å²) in [4.78, 5) is 0. The summed E-state index contributed by atoms with van der Waals surface area (Å²) in [5, 5.41) is 4.61. The lowest BCUT2D eigenvalue weighted by Gasteiger charge is -1.98. The van der Waals surface area contributed by atoms with Crippen LogP contribution in [0.2, 0.25) is 5.02 Å². The maximum absolute atomic E-state index is 5.77. The fourth-order valence-corrected chi connectivity index (χ4v) is 1.61. The van der Waals surface area contributed by atoms with E-state index < -0.39 is 0 Å². The van der Waals surface area contributed by atoms with Crippen LogP contribution in [0.5, 0.6) is 0 Å². The van der Waals surface area contributed by atoms with Crippen LogP contribution in [0.1, 0.15) is 5.56 Å². The van der Waals surface area contributed by atoms with Crippen LogP contribution >= 0.6 is 39.7 Å². The van der Waals surface area contributed by atoms with Crippen molar-refractivity contribution >= 4 is 51.1 Å². The van der Waals surface area contributed by atoms with E-state index in [1.165, 1.54) is 0 Å². The second kappa shape index (κ2) is 5.29. The molecule has 0 amide bonds. The van der Waals surface area contributed by atoms with Crippen molar-refractivity contribution in [2.45, 2.75) is 0 Å². The normalized spacial score (nSPS) is 10.4. The number of thiocarbonyl (C=S) groups is 1. The highest BCUT2D eigenvalue weighted by Gasteiger charge is 1.96. The Kier molecular flexibility index (Phi) is 4.31. The summed E-state index contributed by atoms with van der Waals surface area (Å²) >= 11 is 13.7.